The average Bonchev–Trinajstić information content (AvgIpc) is 3.19. The van der Waals surface area contributed by atoms with Gasteiger partial charge in [-0.1, -0.05) is 18.0 Å². The summed E-state index contributed by atoms with van der Waals surface area (Å²) < 4.78 is 5.79. The summed E-state index contributed by atoms with van der Waals surface area (Å²) in [6.07, 6.45) is 5.05. The number of amides is 2. The molecule has 4 rings (SSSR count). The zero-order valence-corrected chi connectivity index (χ0v) is 15.2. The first-order valence-electron chi connectivity index (χ1n) is 8.98. The van der Waals surface area contributed by atoms with Crippen molar-refractivity contribution in [3.8, 4) is 5.75 Å². The quantitative estimate of drug-likeness (QED) is 0.810. The van der Waals surface area contributed by atoms with Crippen molar-refractivity contribution in [3.63, 3.8) is 0 Å². The Morgan fingerprint density at radius 3 is 2.88 bits per heavy atom. The molecule has 6 heteroatoms. The lowest BCUT2D eigenvalue weighted by atomic mass is 9.83. The van der Waals surface area contributed by atoms with Gasteiger partial charge in [0, 0.05) is 11.1 Å². The van der Waals surface area contributed by atoms with Crippen LogP contribution >= 0.6 is 11.6 Å². The lowest BCUT2D eigenvalue weighted by Gasteiger charge is -2.36. The first-order valence-corrected chi connectivity index (χ1v) is 9.35. The molecule has 1 aromatic rings. The van der Waals surface area contributed by atoms with Crippen molar-refractivity contribution in [3.05, 3.63) is 23.2 Å². The van der Waals surface area contributed by atoms with E-state index in [9.17, 15) is 9.59 Å². The van der Waals surface area contributed by atoms with Crippen LogP contribution in [0.3, 0.4) is 0 Å². The van der Waals surface area contributed by atoms with Crippen LogP contribution in [0.5, 0.6) is 5.75 Å². The van der Waals surface area contributed by atoms with Crippen molar-refractivity contribution < 1.29 is 14.3 Å². The molecule has 1 heterocycles. The highest BCUT2D eigenvalue weighted by Crippen LogP contribution is 2.49. The Balaban J connectivity index is 1.49. The van der Waals surface area contributed by atoms with Crippen LogP contribution in [-0.4, -0.2) is 23.5 Å². The Hall–Kier alpha value is -1.75. The molecular weight excluding hydrogens is 340 g/mol. The van der Waals surface area contributed by atoms with Crippen LogP contribution in [0.1, 0.15) is 39.5 Å². The number of hydrogen-bond acceptors (Lipinski definition) is 3. The van der Waals surface area contributed by atoms with E-state index in [1.807, 2.05) is 6.92 Å². The van der Waals surface area contributed by atoms with E-state index >= 15 is 0 Å². The van der Waals surface area contributed by atoms with Gasteiger partial charge in [0.1, 0.15) is 5.75 Å². The molecule has 0 spiro atoms. The molecule has 0 radical (unpaired) electrons. The molecule has 134 valence electrons. The highest BCUT2D eigenvalue weighted by Gasteiger charge is 2.49. The lowest BCUT2D eigenvalue weighted by Crippen LogP contribution is -2.60. The van der Waals surface area contributed by atoms with Gasteiger partial charge < -0.3 is 15.4 Å². The molecule has 25 heavy (non-hydrogen) atoms. The van der Waals surface area contributed by atoms with Crippen LogP contribution in [0.15, 0.2) is 18.2 Å². The summed E-state index contributed by atoms with van der Waals surface area (Å²) in [5.41, 5.74) is -1.09. The van der Waals surface area contributed by atoms with Crippen molar-refractivity contribution in [1.82, 2.24) is 5.32 Å². The van der Waals surface area contributed by atoms with Crippen molar-refractivity contribution in [2.45, 2.75) is 51.2 Å². The average molecular weight is 363 g/mol. The summed E-state index contributed by atoms with van der Waals surface area (Å²) in [6.45, 7) is 3.56. The molecule has 2 saturated carbocycles. The highest BCUT2D eigenvalue weighted by molar-refractivity contribution is 6.31. The first-order chi connectivity index (χ1) is 11.9. The number of fused-ring (bicyclic) bond motifs is 3. The SMILES string of the molecule is CC(NC(=O)C1(C)Oc2ccc(Cl)cc2NC1=O)C1CC2CCC1C2. The summed E-state index contributed by atoms with van der Waals surface area (Å²) in [4.78, 5) is 25.4. The highest BCUT2D eigenvalue weighted by atomic mass is 35.5. The number of anilines is 1. The van der Waals surface area contributed by atoms with E-state index in [1.54, 1.807) is 18.2 Å². The van der Waals surface area contributed by atoms with Crippen LogP contribution in [0.2, 0.25) is 5.02 Å². The van der Waals surface area contributed by atoms with E-state index in [0.29, 0.717) is 28.3 Å². The second-order valence-electron chi connectivity index (χ2n) is 7.83. The van der Waals surface area contributed by atoms with Gasteiger partial charge in [-0.15, -0.1) is 0 Å². The normalized spacial score (nSPS) is 34.0. The molecule has 1 aromatic carbocycles. The minimum absolute atomic E-state index is 0.0441. The Bertz CT molecular complexity index is 737. The van der Waals surface area contributed by atoms with Crippen molar-refractivity contribution >= 4 is 29.1 Å². The summed E-state index contributed by atoms with van der Waals surface area (Å²) >= 11 is 5.94. The smallest absolute Gasteiger partial charge is 0.278 e. The van der Waals surface area contributed by atoms with Crippen molar-refractivity contribution in [2.75, 3.05) is 5.32 Å². The van der Waals surface area contributed by atoms with Crippen molar-refractivity contribution in [1.29, 1.82) is 0 Å². The standard InChI is InChI=1S/C19H23ClN2O3/c1-10(14-8-11-3-4-12(14)7-11)21-17(23)19(2)18(24)22-15-9-13(20)5-6-16(15)25-19/h5-6,9-12,14H,3-4,7-8H2,1-2H3,(H,21,23)(H,22,24). The van der Waals surface area contributed by atoms with Gasteiger partial charge in [0.25, 0.3) is 17.4 Å². The molecule has 1 aliphatic heterocycles. The molecule has 0 saturated heterocycles. The zero-order chi connectivity index (χ0) is 17.8. The minimum atomic E-state index is -1.58. The van der Waals surface area contributed by atoms with Crippen LogP contribution in [0.25, 0.3) is 0 Å². The van der Waals surface area contributed by atoms with Gasteiger partial charge in [0.15, 0.2) is 0 Å². The maximum Gasteiger partial charge on any atom is 0.278 e. The molecule has 5 atom stereocenters. The number of carbonyl (C=O) groups is 2. The maximum absolute atomic E-state index is 12.9. The Kier molecular flexibility index (Phi) is 3.95. The maximum atomic E-state index is 12.9. The molecule has 5 nitrogen and oxygen atoms in total. The number of ether oxygens (including phenoxy) is 1. The largest absolute Gasteiger partial charge is 0.466 e. The third kappa shape index (κ3) is 2.78. The van der Waals surface area contributed by atoms with E-state index in [1.165, 1.54) is 32.6 Å². The predicted molar refractivity (Wildman–Crippen MR) is 95.7 cm³/mol. The summed E-state index contributed by atoms with van der Waals surface area (Å²) in [5, 5.41) is 6.27. The zero-order valence-electron chi connectivity index (χ0n) is 14.5. The Morgan fingerprint density at radius 1 is 1.40 bits per heavy atom. The Morgan fingerprint density at radius 2 is 2.20 bits per heavy atom. The third-order valence-corrected chi connectivity index (χ3v) is 6.40. The van der Waals surface area contributed by atoms with Crippen LogP contribution < -0.4 is 15.4 Å². The van der Waals surface area contributed by atoms with Crippen molar-refractivity contribution in [2.24, 2.45) is 17.8 Å². The van der Waals surface area contributed by atoms with Gasteiger partial charge in [-0.3, -0.25) is 9.59 Å². The molecule has 2 N–H and O–H groups in total. The number of hydrogen-bond donors (Lipinski definition) is 2. The van der Waals surface area contributed by atoms with E-state index in [-0.39, 0.29) is 11.9 Å². The molecule has 3 aliphatic rings. The molecule has 5 unspecified atom stereocenters. The van der Waals surface area contributed by atoms with Gasteiger partial charge in [-0.05, 0) is 69.1 Å². The van der Waals surface area contributed by atoms with Gasteiger partial charge in [-0.25, -0.2) is 0 Å². The minimum Gasteiger partial charge on any atom is -0.466 e. The van der Waals surface area contributed by atoms with Gasteiger partial charge in [-0.2, -0.15) is 0 Å². The van der Waals surface area contributed by atoms with E-state index in [4.69, 9.17) is 16.3 Å². The van der Waals surface area contributed by atoms with E-state index in [0.717, 1.165) is 5.92 Å². The second-order valence-corrected chi connectivity index (χ2v) is 8.27. The molecule has 2 bridgehead atoms. The molecular formula is C19H23ClN2O3. The molecule has 0 aromatic heterocycles. The Labute approximate surface area is 152 Å². The summed E-state index contributed by atoms with van der Waals surface area (Å²) in [5.74, 6) is 1.62. The van der Waals surface area contributed by atoms with E-state index in [2.05, 4.69) is 10.6 Å². The summed E-state index contributed by atoms with van der Waals surface area (Å²) in [7, 11) is 0. The number of nitrogens with one attached hydrogen (secondary N) is 2. The topological polar surface area (TPSA) is 67.4 Å². The molecule has 2 amide bonds. The molecule has 2 aliphatic carbocycles. The van der Waals surface area contributed by atoms with Crippen LogP contribution in [0, 0.1) is 17.8 Å². The molecule has 2 fully saturated rings. The van der Waals surface area contributed by atoms with Crippen LogP contribution in [-0.2, 0) is 9.59 Å². The van der Waals surface area contributed by atoms with Gasteiger partial charge >= 0.3 is 0 Å². The van der Waals surface area contributed by atoms with Gasteiger partial charge in [0.05, 0.1) is 5.69 Å². The number of halogens is 1. The first kappa shape index (κ1) is 16.7. The predicted octanol–water partition coefficient (Wildman–Crippen LogP) is 3.37. The number of benzene rings is 1. The second kappa shape index (κ2) is 5.90. The third-order valence-electron chi connectivity index (χ3n) is 6.16. The fourth-order valence-electron chi connectivity index (χ4n) is 4.70. The number of rotatable bonds is 3. The monoisotopic (exact) mass is 362 g/mol. The number of carbonyl (C=O) groups excluding carboxylic acids is 2. The van der Waals surface area contributed by atoms with Gasteiger partial charge in [0.2, 0.25) is 0 Å². The lowest BCUT2D eigenvalue weighted by molar-refractivity contribution is -0.147. The summed E-state index contributed by atoms with van der Waals surface area (Å²) in [6, 6.07) is 5.00. The van der Waals surface area contributed by atoms with E-state index < -0.39 is 11.5 Å². The van der Waals surface area contributed by atoms with Crippen LogP contribution in [0.4, 0.5) is 5.69 Å². The fraction of sp³-hybridized carbons (Fsp3) is 0.579. The fourth-order valence-corrected chi connectivity index (χ4v) is 4.88.